The maximum atomic E-state index is 11.7. The first-order valence-corrected chi connectivity index (χ1v) is 10.6. The monoisotopic (exact) mass is 384 g/mol. The Balaban J connectivity index is 2.70. The van der Waals surface area contributed by atoms with E-state index >= 15 is 0 Å². The second kappa shape index (κ2) is 11.9. The van der Waals surface area contributed by atoms with Crippen molar-refractivity contribution in [2.45, 2.75) is 44.6 Å². The van der Waals surface area contributed by atoms with Gasteiger partial charge in [-0.15, -0.1) is 0 Å². The summed E-state index contributed by atoms with van der Waals surface area (Å²) in [5.41, 5.74) is 0.928. The number of hydrogen-bond donors (Lipinski definition) is 4. The molecular formula is C18H32N4O3S. The molecule has 0 saturated heterocycles. The van der Waals surface area contributed by atoms with E-state index in [0.29, 0.717) is 12.5 Å². The molecule has 1 unspecified atom stereocenters. The summed E-state index contributed by atoms with van der Waals surface area (Å²) in [5, 5.41) is 15.7. The number of hydrogen-bond acceptors (Lipinski definition) is 4. The fraction of sp³-hybridized carbons (Fsp3) is 0.611. The minimum Gasteiger partial charge on any atom is -0.396 e. The van der Waals surface area contributed by atoms with Crippen LogP contribution in [0.1, 0.15) is 38.7 Å². The van der Waals surface area contributed by atoms with Crippen LogP contribution in [-0.4, -0.2) is 46.2 Å². The van der Waals surface area contributed by atoms with Gasteiger partial charge in [0, 0.05) is 19.7 Å². The first-order chi connectivity index (χ1) is 12.5. The molecule has 0 amide bonds. The highest BCUT2D eigenvalue weighted by atomic mass is 32.2. The van der Waals surface area contributed by atoms with Gasteiger partial charge in [0.05, 0.1) is 11.4 Å². The number of sulfonamides is 1. The van der Waals surface area contributed by atoms with E-state index in [-0.39, 0.29) is 11.5 Å². The molecule has 8 heteroatoms. The molecule has 0 saturated carbocycles. The molecule has 0 aliphatic heterocycles. The van der Waals surface area contributed by atoms with E-state index in [4.69, 9.17) is 5.11 Å². The molecule has 7 nitrogen and oxygen atoms in total. The fourth-order valence-electron chi connectivity index (χ4n) is 2.58. The highest BCUT2D eigenvalue weighted by Gasteiger charge is 2.11. The van der Waals surface area contributed by atoms with Gasteiger partial charge < -0.3 is 15.7 Å². The quantitative estimate of drug-likeness (QED) is 0.342. The van der Waals surface area contributed by atoms with Crippen molar-refractivity contribution in [3.8, 4) is 0 Å². The predicted octanol–water partition coefficient (Wildman–Crippen LogP) is 1.45. The van der Waals surface area contributed by atoms with Crippen LogP contribution in [0.25, 0.3) is 0 Å². The Morgan fingerprint density at radius 2 is 1.85 bits per heavy atom. The van der Waals surface area contributed by atoms with Crippen LogP contribution in [-0.2, 0) is 16.6 Å². The molecule has 0 aromatic heterocycles. The van der Waals surface area contributed by atoms with Crippen LogP contribution in [0.2, 0.25) is 0 Å². The number of aliphatic hydroxyl groups is 1. The van der Waals surface area contributed by atoms with Gasteiger partial charge in [0.2, 0.25) is 10.0 Å². The first kappa shape index (κ1) is 22.4. The lowest BCUT2D eigenvalue weighted by molar-refractivity contribution is 0.251. The summed E-state index contributed by atoms with van der Waals surface area (Å²) < 4.78 is 25.8. The lowest BCUT2D eigenvalue weighted by Crippen LogP contribution is -2.40. The summed E-state index contributed by atoms with van der Waals surface area (Å²) in [7, 11) is -2.02. The van der Waals surface area contributed by atoms with Gasteiger partial charge in [0.25, 0.3) is 0 Å². The largest absolute Gasteiger partial charge is 0.396 e. The smallest absolute Gasteiger partial charge is 0.240 e. The fourth-order valence-corrected chi connectivity index (χ4v) is 3.31. The molecule has 26 heavy (non-hydrogen) atoms. The average molecular weight is 385 g/mol. The molecule has 0 radical (unpaired) electrons. The Labute approximate surface area is 157 Å². The second-order valence-electron chi connectivity index (χ2n) is 6.09. The molecule has 148 valence electrons. The number of rotatable bonds is 11. The Hall–Kier alpha value is -1.64. The van der Waals surface area contributed by atoms with E-state index in [2.05, 4.69) is 27.3 Å². The SMILES string of the molecule is CCCC(CCO)CNC(=NCc1ccc(S(=O)(=O)NC)cc1)NCC. The molecule has 1 rings (SSSR count). The predicted molar refractivity (Wildman–Crippen MR) is 106 cm³/mol. The van der Waals surface area contributed by atoms with Crippen LogP contribution in [0.4, 0.5) is 0 Å². The summed E-state index contributed by atoms with van der Waals surface area (Å²) >= 11 is 0. The summed E-state index contributed by atoms with van der Waals surface area (Å²) in [6, 6.07) is 6.69. The molecule has 4 N–H and O–H groups in total. The van der Waals surface area contributed by atoms with E-state index in [1.807, 2.05) is 6.92 Å². The minimum atomic E-state index is -3.41. The van der Waals surface area contributed by atoms with Crippen LogP contribution in [0.5, 0.6) is 0 Å². The van der Waals surface area contributed by atoms with Gasteiger partial charge in [-0.25, -0.2) is 18.1 Å². The zero-order valence-electron chi connectivity index (χ0n) is 16.0. The van der Waals surface area contributed by atoms with E-state index in [0.717, 1.165) is 43.9 Å². The highest BCUT2D eigenvalue weighted by Crippen LogP contribution is 2.11. The molecule has 0 fully saturated rings. The van der Waals surface area contributed by atoms with Crippen LogP contribution < -0.4 is 15.4 Å². The molecule has 0 spiro atoms. The molecule has 0 aliphatic carbocycles. The van der Waals surface area contributed by atoms with Gasteiger partial charge in [0.1, 0.15) is 0 Å². The Kier molecular flexibility index (Phi) is 10.2. The van der Waals surface area contributed by atoms with Gasteiger partial charge in [0.15, 0.2) is 5.96 Å². The van der Waals surface area contributed by atoms with Crippen LogP contribution in [0.3, 0.4) is 0 Å². The molecular weight excluding hydrogens is 352 g/mol. The van der Waals surface area contributed by atoms with E-state index < -0.39 is 10.0 Å². The van der Waals surface area contributed by atoms with E-state index in [1.54, 1.807) is 24.3 Å². The maximum absolute atomic E-state index is 11.7. The third kappa shape index (κ3) is 7.72. The lowest BCUT2D eigenvalue weighted by atomic mass is 10.0. The van der Waals surface area contributed by atoms with Gasteiger partial charge in [-0.3, -0.25) is 0 Å². The van der Waals surface area contributed by atoms with Crippen molar-refractivity contribution >= 4 is 16.0 Å². The van der Waals surface area contributed by atoms with Gasteiger partial charge in [-0.05, 0) is 50.4 Å². The van der Waals surface area contributed by atoms with E-state index in [1.165, 1.54) is 7.05 Å². The van der Waals surface area contributed by atoms with Crippen molar-refractivity contribution in [2.24, 2.45) is 10.9 Å². The third-order valence-electron chi connectivity index (χ3n) is 4.06. The number of nitrogens with one attached hydrogen (secondary N) is 3. The Bertz CT molecular complexity index is 639. The summed E-state index contributed by atoms with van der Waals surface area (Å²) in [4.78, 5) is 4.79. The van der Waals surface area contributed by atoms with Crippen LogP contribution >= 0.6 is 0 Å². The standard InChI is InChI=1S/C18H32N4O3S/c1-4-6-15(11-12-23)13-21-18(20-5-2)22-14-16-7-9-17(10-8-16)26(24,25)19-3/h7-10,15,19,23H,4-6,11-14H2,1-3H3,(H2,20,21,22). The van der Waals surface area contributed by atoms with Gasteiger partial charge in [-0.1, -0.05) is 25.5 Å². The van der Waals surface area contributed by atoms with E-state index in [9.17, 15) is 8.42 Å². The van der Waals surface area contributed by atoms with Crippen molar-refractivity contribution in [2.75, 3.05) is 26.7 Å². The summed E-state index contributed by atoms with van der Waals surface area (Å²) in [6.45, 7) is 6.31. The molecule has 1 aromatic carbocycles. The van der Waals surface area contributed by atoms with Crippen molar-refractivity contribution in [3.05, 3.63) is 29.8 Å². The number of nitrogens with zero attached hydrogens (tertiary/aromatic N) is 1. The molecule has 1 aromatic rings. The zero-order valence-corrected chi connectivity index (χ0v) is 16.8. The van der Waals surface area contributed by atoms with Crippen molar-refractivity contribution < 1.29 is 13.5 Å². The normalized spacial score (nSPS) is 13.5. The topological polar surface area (TPSA) is 103 Å². The lowest BCUT2D eigenvalue weighted by Gasteiger charge is -2.18. The third-order valence-corrected chi connectivity index (χ3v) is 5.49. The Morgan fingerprint density at radius 1 is 1.15 bits per heavy atom. The van der Waals surface area contributed by atoms with Crippen molar-refractivity contribution in [1.82, 2.24) is 15.4 Å². The van der Waals surface area contributed by atoms with Crippen molar-refractivity contribution in [1.29, 1.82) is 0 Å². The number of aliphatic hydroxyl groups excluding tert-OH is 1. The first-order valence-electron chi connectivity index (χ1n) is 9.12. The molecule has 0 heterocycles. The highest BCUT2D eigenvalue weighted by molar-refractivity contribution is 7.89. The maximum Gasteiger partial charge on any atom is 0.240 e. The molecule has 0 bridgehead atoms. The van der Waals surface area contributed by atoms with Crippen LogP contribution in [0, 0.1) is 5.92 Å². The number of aliphatic imine (C=N–C) groups is 1. The molecule has 0 aliphatic rings. The summed E-state index contributed by atoms with van der Waals surface area (Å²) in [5.74, 6) is 1.14. The molecule has 1 atom stereocenters. The van der Waals surface area contributed by atoms with Crippen molar-refractivity contribution in [3.63, 3.8) is 0 Å². The Morgan fingerprint density at radius 3 is 2.38 bits per heavy atom. The second-order valence-corrected chi connectivity index (χ2v) is 7.98. The zero-order chi connectivity index (χ0) is 19.4. The van der Waals surface area contributed by atoms with Gasteiger partial charge in [-0.2, -0.15) is 0 Å². The number of guanidine groups is 1. The van der Waals surface area contributed by atoms with Gasteiger partial charge >= 0.3 is 0 Å². The number of benzene rings is 1. The summed E-state index contributed by atoms with van der Waals surface area (Å²) in [6.07, 6.45) is 2.93. The average Bonchev–Trinajstić information content (AvgIpc) is 2.64. The van der Waals surface area contributed by atoms with Crippen LogP contribution in [0.15, 0.2) is 34.2 Å². The minimum absolute atomic E-state index is 0.196.